The molecule has 1 aliphatic carbocycles. The highest BCUT2D eigenvalue weighted by molar-refractivity contribution is 5.91. The average Bonchev–Trinajstić information content (AvgIpc) is 3.68. The summed E-state index contributed by atoms with van der Waals surface area (Å²) in [6, 6.07) is 19.7. The first-order chi connectivity index (χ1) is 17.7. The molecule has 1 atom stereocenters. The molecule has 36 heavy (non-hydrogen) atoms. The van der Waals surface area contributed by atoms with Gasteiger partial charge < -0.3 is 23.7 Å². The summed E-state index contributed by atoms with van der Waals surface area (Å²) >= 11 is 0. The summed E-state index contributed by atoms with van der Waals surface area (Å²) in [5, 5.41) is 0. The highest BCUT2D eigenvalue weighted by atomic mass is 16.5. The Kier molecular flexibility index (Phi) is 6.23. The Morgan fingerprint density at radius 3 is 2.53 bits per heavy atom. The molecule has 1 unspecified atom stereocenters. The molecular formula is C29H30N2O5. The van der Waals surface area contributed by atoms with Gasteiger partial charge in [-0.3, -0.25) is 9.59 Å². The van der Waals surface area contributed by atoms with Gasteiger partial charge in [0.15, 0.2) is 5.76 Å². The second-order valence-electron chi connectivity index (χ2n) is 9.69. The van der Waals surface area contributed by atoms with Crippen LogP contribution in [0.2, 0.25) is 0 Å². The van der Waals surface area contributed by atoms with Crippen LogP contribution in [0, 0.1) is 5.92 Å². The number of nitrogens with zero attached hydrogens (tertiary/aromatic N) is 2. The molecule has 2 aromatic carbocycles. The van der Waals surface area contributed by atoms with Gasteiger partial charge in [0.25, 0.3) is 5.91 Å². The number of ether oxygens (including phenoxy) is 2. The van der Waals surface area contributed by atoms with Crippen LogP contribution in [-0.2, 0) is 22.6 Å². The zero-order valence-electron chi connectivity index (χ0n) is 20.2. The summed E-state index contributed by atoms with van der Waals surface area (Å²) in [6.07, 6.45) is 2.82. The molecule has 3 aromatic rings. The Morgan fingerprint density at radius 2 is 1.75 bits per heavy atom. The van der Waals surface area contributed by atoms with E-state index in [2.05, 4.69) is 29.2 Å². The van der Waals surface area contributed by atoms with E-state index in [1.165, 1.54) is 5.56 Å². The van der Waals surface area contributed by atoms with Gasteiger partial charge in [0.05, 0.1) is 19.3 Å². The fourth-order valence-corrected chi connectivity index (χ4v) is 5.13. The lowest BCUT2D eigenvalue weighted by molar-refractivity contribution is -0.134. The van der Waals surface area contributed by atoms with Crippen molar-refractivity contribution in [2.24, 2.45) is 5.92 Å². The number of hydrogen-bond acceptors (Lipinski definition) is 5. The molecule has 3 heterocycles. The monoisotopic (exact) mass is 486 g/mol. The van der Waals surface area contributed by atoms with Crippen molar-refractivity contribution in [3.63, 3.8) is 0 Å². The number of morpholine rings is 1. The van der Waals surface area contributed by atoms with Crippen LogP contribution in [0.4, 0.5) is 0 Å². The first-order valence-electron chi connectivity index (χ1n) is 12.7. The van der Waals surface area contributed by atoms with Gasteiger partial charge in [0, 0.05) is 25.6 Å². The molecule has 6 rings (SSSR count). The number of amides is 2. The van der Waals surface area contributed by atoms with Crippen LogP contribution in [0.25, 0.3) is 0 Å². The van der Waals surface area contributed by atoms with E-state index in [1.807, 2.05) is 24.3 Å². The smallest absolute Gasteiger partial charge is 0.289 e. The lowest BCUT2D eigenvalue weighted by Crippen LogP contribution is -2.41. The molecule has 2 amide bonds. The number of carbonyl (C=O) groups is 2. The summed E-state index contributed by atoms with van der Waals surface area (Å²) < 4.78 is 17.2. The molecule has 0 spiro atoms. The second-order valence-corrected chi connectivity index (χ2v) is 9.69. The zero-order chi connectivity index (χ0) is 24.5. The molecule has 1 saturated heterocycles. The molecule has 7 heteroatoms. The van der Waals surface area contributed by atoms with Gasteiger partial charge in [-0.15, -0.1) is 0 Å². The summed E-state index contributed by atoms with van der Waals surface area (Å²) in [6.45, 7) is 3.19. The fourth-order valence-electron chi connectivity index (χ4n) is 5.13. The van der Waals surface area contributed by atoms with Crippen molar-refractivity contribution in [3.05, 3.63) is 88.9 Å². The number of carbonyl (C=O) groups excluding carboxylic acids is 2. The molecule has 3 aliphatic rings. The zero-order valence-corrected chi connectivity index (χ0v) is 20.2. The van der Waals surface area contributed by atoms with Gasteiger partial charge in [-0.05, 0) is 60.2 Å². The van der Waals surface area contributed by atoms with E-state index < -0.39 is 0 Å². The molecule has 1 aromatic heterocycles. The van der Waals surface area contributed by atoms with Gasteiger partial charge in [-0.25, -0.2) is 0 Å². The minimum Gasteiger partial charge on any atom is -0.486 e. The van der Waals surface area contributed by atoms with Crippen molar-refractivity contribution >= 4 is 11.8 Å². The van der Waals surface area contributed by atoms with Gasteiger partial charge in [-0.1, -0.05) is 36.4 Å². The molecule has 0 bridgehead atoms. The molecular weight excluding hydrogens is 456 g/mol. The summed E-state index contributed by atoms with van der Waals surface area (Å²) in [7, 11) is 0. The van der Waals surface area contributed by atoms with Crippen LogP contribution in [0.1, 0.15) is 51.9 Å². The minimum absolute atomic E-state index is 0.118. The predicted molar refractivity (Wildman–Crippen MR) is 133 cm³/mol. The van der Waals surface area contributed by atoms with Crippen molar-refractivity contribution in [2.75, 3.05) is 32.8 Å². The minimum atomic E-state index is -0.121. The number of rotatable bonds is 6. The van der Waals surface area contributed by atoms with Crippen LogP contribution >= 0.6 is 0 Å². The van der Waals surface area contributed by atoms with E-state index >= 15 is 0 Å². The van der Waals surface area contributed by atoms with Crippen LogP contribution in [0.15, 0.2) is 65.1 Å². The largest absolute Gasteiger partial charge is 0.486 e. The summed E-state index contributed by atoms with van der Waals surface area (Å²) in [5.41, 5.74) is 3.47. The summed E-state index contributed by atoms with van der Waals surface area (Å²) in [5.74, 6) is 1.94. The number of fused-ring (bicyclic) bond motifs is 1. The van der Waals surface area contributed by atoms with E-state index in [4.69, 9.17) is 13.9 Å². The molecule has 0 radical (unpaired) electrons. The maximum atomic E-state index is 13.2. The van der Waals surface area contributed by atoms with Crippen molar-refractivity contribution in [1.82, 2.24) is 9.80 Å². The molecule has 7 nitrogen and oxygen atoms in total. The van der Waals surface area contributed by atoms with E-state index in [0.29, 0.717) is 43.6 Å². The Morgan fingerprint density at radius 1 is 0.944 bits per heavy atom. The van der Waals surface area contributed by atoms with Crippen molar-refractivity contribution in [1.29, 1.82) is 0 Å². The lowest BCUT2D eigenvalue weighted by Gasteiger charge is -2.38. The van der Waals surface area contributed by atoms with Crippen molar-refractivity contribution in [2.45, 2.75) is 31.9 Å². The topological polar surface area (TPSA) is 72.2 Å². The number of furan rings is 1. The molecule has 1 saturated carbocycles. The van der Waals surface area contributed by atoms with E-state index in [0.717, 1.165) is 36.9 Å². The highest BCUT2D eigenvalue weighted by Crippen LogP contribution is 2.41. The standard InChI is InChI=1S/C29H30N2O5/c32-28(22-6-7-22)31-13-12-20-8-9-23(18-25(20)27(31)21-4-2-1-3-5-21)35-19-24-10-11-26(36-24)29(33)30-14-16-34-17-15-30/h1-5,8-11,18,22,27H,6-7,12-17,19H2. The maximum absolute atomic E-state index is 13.2. The van der Waals surface area contributed by atoms with Crippen LogP contribution in [-0.4, -0.2) is 54.5 Å². The molecule has 2 fully saturated rings. The fraction of sp³-hybridized carbons (Fsp3) is 0.379. The Balaban J connectivity index is 1.20. The van der Waals surface area contributed by atoms with Crippen molar-refractivity contribution in [3.8, 4) is 5.75 Å². The van der Waals surface area contributed by atoms with E-state index in [9.17, 15) is 9.59 Å². The maximum Gasteiger partial charge on any atom is 0.289 e. The first-order valence-corrected chi connectivity index (χ1v) is 12.7. The first kappa shape index (κ1) is 22.9. The molecule has 2 aliphatic heterocycles. The lowest BCUT2D eigenvalue weighted by atomic mass is 9.87. The van der Waals surface area contributed by atoms with Crippen LogP contribution < -0.4 is 4.74 Å². The third-order valence-corrected chi connectivity index (χ3v) is 7.22. The second kappa shape index (κ2) is 9.82. The highest BCUT2D eigenvalue weighted by Gasteiger charge is 2.39. The van der Waals surface area contributed by atoms with Gasteiger partial charge in [0.2, 0.25) is 5.91 Å². The van der Waals surface area contributed by atoms with Crippen molar-refractivity contribution < 1.29 is 23.5 Å². The SMILES string of the molecule is O=C(c1ccc(COc2ccc3c(c2)C(c2ccccc2)N(C(=O)C2CC2)CC3)o1)N1CCOCC1. The van der Waals surface area contributed by atoms with Gasteiger partial charge in [-0.2, -0.15) is 0 Å². The molecule has 0 N–H and O–H groups in total. The Bertz CT molecular complexity index is 1240. The Hall–Kier alpha value is -3.58. The molecule has 186 valence electrons. The van der Waals surface area contributed by atoms with E-state index in [1.54, 1.807) is 17.0 Å². The quantitative estimate of drug-likeness (QED) is 0.522. The van der Waals surface area contributed by atoms with Crippen LogP contribution in [0.5, 0.6) is 5.75 Å². The Labute approximate surface area is 210 Å². The average molecular weight is 487 g/mol. The number of benzene rings is 2. The van der Waals surface area contributed by atoms with Gasteiger partial charge in [0.1, 0.15) is 18.1 Å². The normalized spacial score (nSPS) is 19.6. The van der Waals surface area contributed by atoms with Gasteiger partial charge >= 0.3 is 0 Å². The summed E-state index contributed by atoms with van der Waals surface area (Å²) in [4.78, 5) is 29.6. The third kappa shape index (κ3) is 4.63. The number of hydrogen-bond donors (Lipinski definition) is 0. The van der Waals surface area contributed by atoms with Crippen LogP contribution in [0.3, 0.4) is 0 Å². The van der Waals surface area contributed by atoms with E-state index in [-0.39, 0.29) is 30.4 Å². The third-order valence-electron chi connectivity index (χ3n) is 7.22. The predicted octanol–water partition coefficient (Wildman–Crippen LogP) is 4.22.